The molecule has 0 aliphatic rings. The number of tetrazole rings is 1. The van der Waals surface area contributed by atoms with E-state index in [0.29, 0.717) is 0 Å². The minimum absolute atomic E-state index is 0.191. The van der Waals surface area contributed by atoms with Crippen LogP contribution in [0.2, 0.25) is 0 Å². The summed E-state index contributed by atoms with van der Waals surface area (Å²) in [6, 6.07) is 10.3. The lowest BCUT2D eigenvalue weighted by Gasteiger charge is -2.09. The molecule has 0 aliphatic carbocycles. The van der Waals surface area contributed by atoms with E-state index in [1.165, 1.54) is 5.56 Å². The van der Waals surface area contributed by atoms with Crippen molar-refractivity contribution in [3.8, 4) is 0 Å². The monoisotopic (exact) mass is 174 g/mol. The molecule has 0 aliphatic heterocycles. The van der Waals surface area contributed by atoms with Crippen molar-refractivity contribution in [1.29, 1.82) is 0 Å². The second-order valence-corrected chi connectivity index (χ2v) is 2.88. The maximum absolute atomic E-state index is 3.85. The van der Waals surface area contributed by atoms with Crippen LogP contribution in [-0.4, -0.2) is 20.2 Å². The highest BCUT2D eigenvalue weighted by atomic mass is 15.5. The molecule has 2 rings (SSSR count). The van der Waals surface area contributed by atoms with Crippen LogP contribution in [0.1, 0.15) is 18.5 Å². The van der Waals surface area contributed by atoms with Gasteiger partial charge in [-0.3, -0.25) is 0 Å². The van der Waals surface area contributed by atoms with Gasteiger partial charge in [-0.15, -0.1) is 5.10 Å². The Morgan fingerprint density at radius 1 is 1.23 bits per heavy atom. The Morgan fingerprint density at radius 3 is 2.62 bits per heavy atom. The lowest BCUT2D eigenvalue weighted by atomic mass is 10.1. The molecule has 0 saturated carbocycles. The van der Waals surface area contributed by atoms with Crippen molar-refractivity contribution in [3.05, 3.63) is 42.2 Å². The van der Waals surface area contributed by atoms with Crippen molar-refractivity contribution in [3.63, 3.8) is 0 Å². The summed E-state index contributed by atoms with van der Waals surface area (Å²) < 4.78 is 1.73. The lowest BCUT2D eigenvalue weighted by molar-refractivity contribution is 0.543. The van der Waals surface area contributed by atoms with Gasteiger partial charge in [0, 0.05) is 0 Å². The molecule has 13 heavy (non-hydrogen) atoms. The molecule has 1 unspecified atom stereocenters. The zero-order valence-corrected chi connectivity index (χ0v) is 7.33. The number of hydrogen-bond acceptors (Lipinski definition) is 3. The third-order valence-corrected chi connectivity index (χ3v) is 2.04. The van der Waals surface area contributed by atoms with E-state index in [-0.39, 0.29) is 6.04 Å². The molecule has 2 aromatic rings. The van der Waals surface area contributed by atoms with Crippen LogP contribution < -0.4 is 0 Å². The number of rotatable bonds is 2. The first-order valence-electron chi connectivity index (χ1n) is 4.15. The summed E-state index contributed by atoms with van der Waals surface area (Å²) in [5.74, 6) is 0. The summed E-state index contributed by atoms with van der Waals surface area (Å²) >= 11 is 0. The van der Waals surface area contributed by atoms with Crippen molar-refractivity contribution in [1.82, 2.24) is 20.2 Å². The molecule has 1 atom stereocenters. The molecule has 1 aromatic heterocycles. The molecule has 1 aromatic carbocycles. The minimum Gasteiger partial charge on any atom is -0.225 e. The Morgan fingerprint density at radius 2 is 2.00 bits per heavy atom. The van der Waals surface area contributed by atoms with Crippen LogP contribution in [-0.2, 0) is 0 Å². The second-order valence-electron chi connectivity index (χ2n) is 2.88. The predicted molar refractivity (Wildman–Crippen MR) is 48.1 cm³/mol. The van der Waals surface area contributed by atoms with E-state index in [2.05, 4.69) is 34.6 Å². The van der Waals surface area contributed by atoms with Crippen molar-refractivity contribution in [2.24, 2.45) is 0 Å². The summed E-state index contributed by atoms with van der Waals surface area (Å²) in [6.45, 7) is 2.06. The van der Waals surface area contributed by atoms with Gasteiger partial charge < -0.3 is 0 Å². The van der Waals surface area contributed by atoms with Gasteiger partial charge in [0.05, 0.1) is 6.04 Å². The molecule has 0 radical (unpaired) electrons. The highest BCUT2D eigenvalue weighted by Gasteiger charge is 2.06. The van der Waals surface area contributed by atoms with E-state index in [1.54, 1.807) is 11.0 Å². The van der Waals surface area contributed by atoms with Crippen molar-refractivity contribution < 1.29 is 0 Å². The Labute approximate surface area is 76.2 Å². The second kappa shape index (κ2) is 3.35. The highest BCUT2D eigenvalue weighted by Crippen LogP contribution is 2.14. The van der Waals surface area contributed by atoms with Crippen molar-refractivity contribution >= 4 is 0 Å². The van der Waals surface area contributed by atoms with Crippen LogP contribution in [0.4, 0.5) is 0 Å². The molecular formula is C9H10N4. The van der Waals surface area contributed by atoms with Gasteiger partial charge in [-0.25, -0.2) is 4.68 Å². The Bertz CT molecular complexity index is 354. The van der Waals surface area contributed by atoms with Crippen LogP contribution in [0.25, 0.3) is 0 Å². The fraction of sp³-hybridized carbons (Fsp3) is 0.222. The predicted octanol–water partition coefficient (Wildman–Crippen LogP) is 1.28. The molecule has 4 nitrogen and oxygen atoms in total. The molecule has 66 valence electrons. The maximum Gasteiger partial charge on any atom is 0.138 e. The Kier molecular flexibility index (Phi) is 2.04. The topological polar surface area (TPSA) is 43.6 Å². The van der Waals surface area contributed by atoms with Gasteiger partial charge in [0.2, 0.25) is 0 Å². The zero-order chi connectivity index (χ0) is 9.10. The molecule has 0 saturated heterocycles. The van der Waals surface area contributed by atoms with Crippen molar-refractivity contribution in [2.45, 2.75) is 13.0 Å². The van der Waals surface area contributed by atoms with Gasteiger partial charge in [-0.05, 0) is 22.9 Å². The van der Waals surface area contributed by atoms with E-state index in [9.17, 15) is 0 Å². The van der Waals surface area contributed by atoms with Crippen LogP contribution in [0.15, 0.2) is 36.7 Å². The van der Waals surface area contributed by atoms with E-state index in [0.717, 1.165) is 0 Å². The largest absolute Gasteiger partial charge is 0.225 e. The van der Waals surface area contributed by atoms with Gasteiger partial charge in [-0.2, -0.15) is 0 Å². The Hall–Kier alpha value is -1.71. The number of aromatic nitrogens is 4. The van der Waals surface area contributed by atoms with E-state index in [1.807, 2.05) is 18.2 Å². The van der Waals surface area contributed by atoms with Gasteiger partial charge >= 0.3 is 0 Å². The van der Waals surface area contributed by atoms with E-state index in [4.69, 9.17) is 0 Å². The number of benzene rings is 1. The van der Waals surface area contributed by atoms with Crippen LogP contribution in [0.3, 0.4) is 0 Å². The fourth-order valence-electron chi connectivity index (χ4n) is 1.23. The van der Waals surface area contributed by atoms with Crippen LogP contribution in [0.5, 0.6) is 0 Å². The molecule has 0 fully saturated rings. The third kappa shape index (κ3) is 1.56. The molecule has 0 amide bonds. The third-order valence-electron chi connectivity index (χ3n) is 2.04. The minimum atomic E-state index is 0.191. The molecule has 0 bridgehead atoms. The number of nitrogens with zero attached hydrogens (tertiary/aromatic N) is 4. The molecular weight excluding hydrogens is 164 g/mol. The van der Waals surface area contributed by atoms with Crippen LogP contribution >= 0.6 is 0 Å². The summed E-state index contributed by atoms with van der Waals surface area (Å²) in [6.07, 6.45) is 1.62. The first kappa shape index (κ1) is 7.91. The summed E-state index contributed by atoms with van der Waals surface area (Å²) in [4.78, 5) is 0. The average Bonchev–Trinajstić information content (AvgIpc) is 2.71. The molecule has 4 heteroatoms. The quantitative estimate of drug-likeness (QED) is 0.688. The molecule has 0 spiro atoms. The summed E-state index contributed by atoms with van der Waals surface area (Å²) in [5, 5.41) is 11.1. The average molecular weight is 174 g/mol. The normalized spacial score (nSPS) is 12.7. The fourth-order valence-corrected chi connectivity index (χ4v) is 1.23. The summed E-state index contributed by atoms with van der Waals surface area (Å²) in [5.41, 5.74) is 1.20. The first-order chi connectivity index (χ1) is 6.38. The zero-order valence-electron chi connectivity index (χ0n) is 7.33. The smallest absolute Gasteiger partial charge is 0.138 e. The molecule has 0 N–H and O–H groups in total. The SMILES string of the molecule is CC(c1ccccc1)n1cnnn1. The highest BCUT2D eigenvalue weighted by molar-refractivity contribution is 5.18. The van der Waals surface area contributed by atoms with Gasteiger partial charge in [0.1, 0.15) is 6.33 Å². The standard InChI is InChI=1S/C9H10N4/c1-8(13-7-10-11-12-13)9-5-3-2-4-6-9/h2-8H,1H3. The van der Waals surface area contributed by atoms with Gasteiger partial charge in [-0.1, -0.05) is 30.3 Å². The van der Waals surface area contributed by atoms with Crippen molar-refractivity contribution in [2.75, 3.05) is 0 Å². The summed E-state index contributed by atoms with van der Waals surface area (Å²) in [7, 11) is 0. The van der Waals surface area contributed by atoms with E-state index >= 15 is 0 Å². The van der Waals surface area contributed by atoms with Gasteiger partial charge in [0.25, 0.3) is 0 Å². The lowest BCUT2D eigenvalue weighted by Crippen LogP contribution is -2.07. The van der Waals surface area contributed by atoms with E-state index < -0.39 is 0 Å². The Balaban J connectivity index is 2.29. The number of hydrogen-bond donors (Lipinski definition) is 0. The van der Waals surface area contributed by atoms with Gasteiger partial charge in [0.15, 0.2) is 0 Å². The maximum atomic E-state index is 3.85. The first-order valence-corrected chi connectivity index (χ1v) is 4.15. The molecule has 1 heterocycles. The van der Waals surface area contributed by atoms with Crippen LogP contribution in [0, 0.1) is 0 Å².